The molecule has 2 N–H and O–H groups in total. The van der Waals surface area contributed by atoms with Crippen molar-refractivity contribution in [2.75, 3.05) is 25.1 Å². The first-order valence-corrected chi connectivity index (χ1v) is 6.38. The van der Waals surface area contributed by atoms with Crippen LogP contribution < -0.4 is 5.32 Å². The molecule has 4 heteroatoms. The predicted octanol–water partition coefficient (Wildman–Crippen LogP) is 1.59. The highest BCUT2D eigenvalue weighted by molar-refractivity contribution is 5.92. The van der Waals surface area contributed by atoms with Crippen molar-refractivity contribution in [3.8, 4) is 0 Å². The van der Waals surface area contributed by atoms with Crippen LogP contribution in [0.15, 0.2) is 24.3 Å². The molecule has 1 saturated heterocycles. The molecule has 1 fully saturated rings. The van der Waals surface area contributed by atoms with Gasteiger partial charge in [0.2, 0.25) is 5.91 Å². The third kappa shape index (κ3) is 3.55. The topological polar surface area (TPSA) is 58.6 Å². The van der Waals surface area contributed by atoms with E-state index in [1.165, 1.54) is 0 Å². The Kier molecular flexibility index (Phi) is 4.73. The van der Waals surface area contributed by atoms with Crippen molar-refractivity contribution in [3.63, 3.8) is 0 Å². The molecule has 4 nitrogen and oxygen atoms in total. The molecule has 0 bridgehead atoms. The van der Waals surface area contributed by atoms with E-state index in [4.69, 9.17) is 9.84 Å². The molecule has 0 aliphatic carbocycles. The Morgan fingerprint density at radius 3 is 2.78 bits per heavy atom. The van der Waals surface area contributed by atoms with Gasteiger partial charge in [-0.2, -0.15) is 0 Å². The average Bonchev–Trinajstić information content (AvgIpc) is 2.42. The SMILES string of the molecule is O=C(Nc1ccc(CCO)cc1)C1CCCOC1. The van der Waals surface area contributed by atoms with Crippen LogP contribution >= 0.6 is 0 Å². The molecule has 0 aromatic heterocycles. The normalized spacial score (nSPS) is 19.5. The summed E-state index contributed by atoms with van der Waals surface area (Å²) in [5.74, 6) is 0.000441. The summed E-state index contributed by atoms with van der Waals surface area (Å²) < 4.78 is 5.30. The molecule has 0 saturated carbocycles. The van der Waals surface area contributed by atoms with Gasteiger partial charge < -0.3 is 15.2 Å². The fraction of sp³-hybridized carbons (Fsp3) is 0.500. The van der Waals surface area contributed by atoms with E-state index >= 15 is 0 Å². The van der Waals surface area contributed by atoms with Crippen LogP contribution in [0.4, 0.5) is 5.69 Å². The van der Waals surface area contributed by atoms with Crippen LogP contribution in [0.1, 0.15) is 18.4 Å². The van der Waals surface area contributed by atoms with Gasteiger partial charge in [0.05, 0.1) is 12.5 Å². The molecule has 98 valence electrons. The van der Waals surface area contributed by atoms with Crippen molar-refractivity contribution in [3.05, 3.63) is 29.8 Å². The van der Waals surface area contributed by atoms with Gasteiger partial charge in [-0.1, -0.05) is 12.1 Å². The van der Waals surface area contributed by atoms with Gasteiger partial charge in [0.25, 0.3) is 0 Å². The highest BCUT2D eigenvalue weighted by atomic mass is 16.5. The number of anilines is 1. The number of aliphatic hydroxyl groups is 1. The number of ether oxygens (including phenoxy) is 1. The molecular weight excluding hydrogens is 230 g/mol. The summed E-state index contributed by atoms with van der Waals surface area (Å²) in [6.07, 6.45) is 2.49. The molecule has 18 heavy (non-hydrogen) atoms. The molecule has 1 amide bonds. The lowest BCUT2D eigenvalue weighted by Gasteiger charge is -2.21. The van der Waals surface area contributed by atoms with Gasteiger partial charge in [-0.05, 0) is 37.0 Å². The van der Waals surface area contributed by atoms with E-state index in [1.807, 2.05) is 24.3 Å². The van der Waals surface area contributed by atoms with Gasteiger partial charge in [-0.3, -0.25) is 4.79 Å². The van der Waals surface area contributed by atoms with Gasteiger partial charge in [0, 0.05) is 18.9 Å². The molecule has 1 aliphatic heterocycles. The number of hydrogen-bond donors (Lipinski definition) is 2. The Bertz CT molecular complexity index is 383. The quantitative estimate of drug-likeness (QED) is 0.852. The Hall–Kier alpha value is -1.39. The fourth-order valence-corrected chi connectivity index (χ4v) is 2.08. The van der Waals surface area contributed by atoms with Crippen molar-refractivity contribution in [2.45, 2.75) is 19.3 Å². The number of benzene rings is 1. The largest absolute Gasteiger partial charge is 0.396 e. The monoisotopic (exact) mass is 249 g/mol. The van der Waals surface area contributed by atoms with Crippen molar-refractivity contribution in [1.82, 2.24) is 0 Å². The summed E-state index contributed by atoms with van der Waals surface area (Å²) in [4.78, 5) is 11.9. The minimum atomic E-state index is -0.0316. The smallest absolute Gasteiger partial charge is 0.229 e. The van der Waals surface area contributed by atoms with Crippen molar-refractivity contribution in [1.29, 1.82) is 0 Å². The third-order valence-corrected chi connectivity index (χ3v) is 3.15. The molecule has 1 heterocycles. The van der Waals surface area contributed by atoms with E-state index in [1.54, 1.807) is 0 Å². The molecular formula is C14H19NO3. The van der Waals surface area contributed by atoms with Crippen LogP contribution in [0.25, 0.3) is 0 Å². The maximum atomic E-state index is 11.9. The Morgan fingerprint density at radius 1 is 1.39 bits per heavy atom. The Morgan fingerprint density at radius 2 is 2.17 bits per heavy atom. The Balaban J connectivity index is 1.89. The summed E-state index contributed by atoms with van der Waals surface area (Å²) in [6, 6.07) is 7.57. The summed E-state index contributed by atoms with van der Waals surface area (Å²) in [5, 5.41) is 11.7. The zero-order valence-electron chi connectivity index (χ0n) is 10.4. The predicted molar refractivity (Wildman–Crippen MR) is 69.4 cm³/mol. The maximum Gasteiger partial charge on any atom is 0.229 e. The molecule has 1 aromatic carbocycles. The molecule has 1 aliphatic rings. The first-order valence-electron chi connectivity index (χ1n) is 6.38. The van der Waals surface area contributed by atoms with Crippen LogP contribution in [0, 0.1) is 5.92 Å². The summed E-state index contributed by atoms with van der Waals surface area (Å²) in [5.41, 5.74) is 1.86. The van der Waals surface area contributed by atoms with Crippen LogP contribution in [0.2, 0.25) is 0 Å². The second-order valence-electron chi connectivity index (χ2n) is 4.57. The van der Waals surface area contributed by atoms with Crippen LogP contribution in [-0.4, -0.2) is 30.8 Å². The first kappa shape index (κ1) is 13.1. The number of carbonyl (C=O) groups excluding carboxylic acids is 1. The maximum absolute atomic E-state index is 11.9. The molecule has 0 spiro atoms. The van der Waals surface area contributed by atoms with Gasteiger partial charge in [-0.15, -0.1) is 0 Å². The van der Waals surface area contributed by atoms with E-state index in [-0.39, 0.29) is 18.4 Å². The molecule has 1 aromatic rings. The lowest BCUT2D eigenvalue weighted by molar-refractivity contribution is -0.123. The molecule has 1 unspecified atom stereocenters. The summed E-state index contributed by atoms with van der Waals surface area (Å²) in [6.45, 7) is 1.43. The fourth-order valence-electron chi connectivity index (χ4n) is 2.08. The van der Waals surface area contributed by atoms with E-state index in [0.717, 1.165) is 30.7 Å². The van der Waals surface area contributed by atoms with Crippen molar-refractivity contribution < 1.29 is 14.6 Å². The summed E-state index contributed by atoms with van der Waals surface area (Å²) >= 11 is 0. The minimum Gasteiger partial charge on any atom is -0.396 e. The zero-order chi connectivity index (χ0) is 12.8. The summed E-state index contributed by atoms with van der Waals surface area (Å²) in [7, 11) is 0. The van der Waals surface area contributed by atoms with Gasteiger partial charge in [0.15, 0.2) is 0 Å². The molecule has 0 radical (unpaired) electrons. The van der Waals surface area contributed by atoms with Crippen LogP contribution in [0.5, 0.6) is 0 Å². The van der Waals surface area contributed by atoms with E-state index in [9.17, 15) is 4.79 Å². The zero-order valence-corrected chi connectivity index (χ0v) is 10.4. The third-order valence-electron chi connectivity index (χ3n) is 3.15. The number of rotatable bonds is 4. The second kappa shape index (κ2) is 6.52. The average molecular weight is 249 g/mol. The number of aliphatic hydroxyl groups excluding tert-OH is 1. The van der Waals surface area contributed by atoms with Gasteiger partial charge in [0.1, 0.15) is 0 Å². The lowest BCUT2D eigenvalue weighted by Crippen LogP contribution is -2.30. The Labute approximate surface area is 107 Å². The second-order valence-corrected chi connectivity index (χ2v) is 4.57. The van der Waals surface area contributed by atoms with Gasteiger partial charge in [-0.25, -0.2) is 0 Å². The molecule has 1 atom stereocenters. The van der Waals surface area contributed by atoms with Crippen molar-refractivity contribution >= 4 is 11.6 Å². The number of hydrogen-bond acceptors (Lipinski definition) is 3. The van der Waals surface area contributed by atoms with Crippen molar-refractivity contribution in [2.24, 2.45) is 5.92 Å². The lowest BCUT2D eigenvalue weighted by atomic mass is 10.0. The highest BCUT2D eigenvalue weighted by Crippen LogP contribution is 2.17. The number of carbonyl (C=O) groups is 1. The van der Waals surface area contributed by atoms with Crippen LogP contribution in [0.3, 0.4) is 0 Å². The van der Waals surface area contributed by atoms with E-state index < -0.39 is 0 Å². The number of amides is 1. The highest BCUT2D eigenvalue weighted by Gasteiger charge is 2.21. The number of nitrogens with one attached hydrogen (secondary N) is 1. The van der Waals surface area contributed by atoms with Gasteiger partial charge >= 0.3 is 0 Å². The van der Waals surface area contributed by atoms with E-state index in [0.29, 0.717) is 13.0 Å². The first-order chi connectivity index (χ1) is 8.79. The van der Waals surface area contributed by atoms with Crippen LogP contribution in [-0.2, 0) is 16.0 Å². The standard InChI is InChI=1S/C14H19NO3/c16-8-7-11-3-5-13(6-4-11)15-14(17)12-2-1-9-18-10-12/h3-6,12,16H,1-2,7-10H2,(H,15,17). The van der Waals surface area contributed by atoms with E-state index in [2.05, 4.69) is 5.32 Å². The molecule has 2 rings (SSSR count). The minimum absolute atomic E-state index is 0.0316.